The van der Waals surface area contributed by atoms with Crippen molar-refractivity contribution < 1.29 is 0 Å². The third-order valence-corrected chi connectivity index (χ3v) is 2.87. The lowest BCUT2D eigenvalue weighted by atomic mass is 9.97. The minimum Gasteiger partial charge on any atom is -0.397 e. The summed E-state index contributed by atoms with van der Waals surface area (Å²) in [6.07, 6.45) is 0.681. The highest BCUT2D eigenvalue weighted by molar-refractivity contribution is 6.03. The van der Waals surface area contributed by atoms with Crippen molar-refractivity contribution in [2.24, 2.45) is 5.73 Å². The lowest BCUT2D eigenvalue weighted by molar-refractivity contribution is 1.18. The Kier molecular flexibility index (Phi) is 4.78. The molecule has 4 nitrogen and oxygen atoms in total. The number of nitrogen functional groups attached to an aromatic ring is 3. The monoisotopic (exact) mass is 276 g/mol. The molecule has 0 spiro atoms. The molecule has 0 aliphatic carbocycles. The predicted octanol–water partition coefficient (Wildman–Crippen LogP) is 2.15. The van der Waals surface area contributed by atoms with E-state index in [9.17, 15) is 0 Å². The summed E-state index contributed by atoms with van der Waals surface area (Å²) in [6.45, 7) is 0. The first-order chi connectivity index (χ1) is 8.59. The van der Waals surface area contributed by atoms with E-state index in [1.54, 1.807) is 6.07 Å². The van der Waals surface area contributed by atoms with E-state index >= 15 is 0 Å². The first-order valence-electron chi connectivity index (χ1n) is 5.64. The fraction of sp³-hybridized carbons (Fsp3) is 0.0714. The van der Waals surface area contributed by atoms with Crippen LogP contribution in [0.15, 0.2) is 42.5 Å². The van der Waals surface area contributed by atoms with Crippen molar-refractivity contribution >= 4 is 29.6 Å². The third-order valence-electron chi connectivity index (χ3n) is 2.87. The lowest BCUT2D eigenvalue weighted by Crippen LogP contribution is -2.17. The van der Waals surface area contributed by atoms with Gasteiger partial charge >= 0.3 is 0 Å². The lowest BCUT2D eigenvalue weighted by Gasteiger charge is -2.13. The van der Waals surface area contributed by atoms with Gasteiger partial charge in [0, 0.05) is 5.56 Å². The SMILES string of the molecule is Cl.N=C(N)c1c(Cc2ccccc2)ccc(N)c1N. The van der Waals surface area contributed by atoms with Crippen LogP contribution in [0.25, 0.3) is 0 Å². The molecule has 0 aliphatic heterocycles. The molecule has 0 aliphatic rings. The Morgan fingerprint density at radius 3 is 2.21 bits per heavy atom. The number of nitrogens with two attached hydrogens (primary N) is 3. The van der Waals surface area contributed by atoms with Gasteiger partial charge in [0.25, 0.3) is 0 Å². The summed E-state index contributed by atoms with van der Waals surface area (Å²) in [5.74, 6) is -0.0502. The summed E-state index contributed by atoms with van der Waals surface area (Å²) < 4.78 is 0. The van der Waals surface area contributed by atoms with E-state index in [-0.39, 0.29) is 18.2 Å². The second-order valence-corrected chi connectivity index (χ2v) is 4.18. The zero-order chi connectivity index (χ0) is 13.1. The van der Waals surface area contributed by atoms with Gasteiger partial charge in [-0.3, -0.25) is 5.41 Å². The molecule has 2 aromatic carbocycles. The van der Waals surface area contributed by atoms with Gasteiger partial charge in [-0.05, 0) is 23.6 Å². The predicted molar refractivity (Wildman–Crippen MR) is 82.8 cm³/mol. The second-order valence-electron chi connectivity index (χ2n) is 4.18. The number of rotatable bonds is 3. The van der Waals surface area contributed by atoms with Crippen molar-refractivity contribution in [3.05, 3.63) is 59.2 Å². The standard InChI is InChI=1S/C14H16N4.ClH/c15-11-7-6-10(12(13(11)16)14(17)18)8-9-4-2-1-3-5-9;/h1-7H,8,15-16H2,(H3,17,18);1H. The van der Waals surface area contributed by atoms with E-state index in [0.29, 0.717) is 23.4 Å². The van der Waals surface area contributed by atoms with Crippen LogP contribution in [0.5, 0.6) is 0 Å². The minimum absolute atomic E-state index is 0. The molecule has 0 aromatic heterocycles. The van der Waals surface area contributed by atoms with Gasteiger partial charge in [-0.25, -0.2) is 0 Å². The smallest absolute Gasteiger partial charge is 0.125 e. The van der Waals surface area contributed by atoms with Crippen LogP contribution in [0.2, 0.25) is 0 Å². The van der Waals surface area contributed by atoms with Gasteiger partial charge in [-0.2, -0.15) is 0 Å². The van der Waals surface area contributed by atoms with Gasteiger partial charge in [-0.1, -0.05) is 36.4 Å². The van der Waals surface area contributed by atoms with E-state index in [0.717, 1.165) is 11.1 Å². The molecule has 0 unspecified atom stereocenters. The van der Waals surface area contributed by atoms with Gasteiger partial charge in [0.2, 0.25) is 0 Å². The highest BCUT2D eigenvalue weighted by Gasteiger charge is 2.12. The highest BCUT2D eigenvalue weighted by atomic mass is 35.5. The Morgan fingerprint density at radius 1 is 1.00 bits per heavy atom. The van der Waals surface area contributed by atoms with Crippen LogP contribution in [0.1, 0.15) is 16.7 Å². The third kappa shape index (κ3) is 3.17. The molecule has 7 N–H and O–H groups in total. The molecular weight excluding hydrogens is 260 g/mol. The molecule has 2 rings (SSSR count). The minimum atomic E-state index is -0.0502. The Hall–Kier alpha value is -2.20. The number of amidine groups is 1. The van der Waals surface area contributed by atoms with Crippen LogP contribution in [-0.2, 0) is 6.42 Å². The topological polar surface area (TPSA) is 102 Å². The van der Waals surface area contributed by atoms with E-state index < -0.39 is 0 Å². The first-order valence-corrected chi connectivity index (χ1v) is 5.64. The fourth-order valence-electron chi connectivity index (χ4n) is 1.96. The van der Waals surface area contributed by atoms with Gasteiger partial charge in [0.1, 0.15) is 5.84 Å². The Bertz CT molecular complexity index is 581. The molecule has 0 fully saturated rings. The number of hydrogen-bond acceptors (Lipinski definition) is 3. The number of halogens is 1. The zero-order valence-electron chi connectivity index (χ0n) is 10.4. The largest absolute Gasteiger partial charge is 0.397 e. The summed E-state index contributed by atoms with van der Waals surface area (Å²) >= 11 is 0. The van der Waals surface area contributed by atoms with E-state index in [2.05, 4.69) is 0 Å². The van der Waals surface area contributed by atoms with Crippen LogP contribution in [0.4, 0.5) is 11.4 Å². The quantitative estimate of drug-likeness (QED) is 0.392. The molecule has 0 amide bonds. The maximum Gasteiger partial charge on any atom is 0.125 e. The Labute approximate surface area is 118 Å². The zero-order valence-corrected chi connectivity index (χ0v) is 11.2. The normalized spacial score (nSPS) is 9.68. The summed E-state index contributed by atoms with van der Waals surface area (Å²) in [5.41, 5.74) is 20.7. The van der Waals surface area contributed by atoms with Crippen molar-refractivity contribution in [1.29, 1.82) is 5.41 Å². The van der Waals surface area contributed by atoms with Crippen LogP contribution < -0.4 is 17.2 Å². The Balaban J connectivity index is 0.00000180. The molecule has 0 radical (unpaired) electrons. The molecule has 2 aromatic rings. The van der Waals surface area contributed by atoms with E-state index in [4.69, 9.17) is 22.6 Å². The van der Waals surface area contributed by atoms with Crippen molar-refractivity contribution in [2.75, 3.05) is 11.5 Å². The molecule has 0 atom stereocenters. The van der Waals surface area contributed by atoms with Crippen molar-refractivity contribution in [3.63, 3.8) is 0 Å². The van der Waals surface area contributed by atoms with Crippen molar-refractivity contribution in [1.82, 2.24) is 0 Å². The summed E-state index contributed by atoms with van der Waals surface area (Å²) in [4.78, 5) is 0. The molecule has 100 valence electrons. The van der Waals surface area contributed by atoms with E-state index in [1.165, 1.54) is 0 Å². The molecule has 19 heavy (non-hydrogen) atoms. The average Bonchev–Trinajstić information content (AvgIpc) is 2.35. The number of anilines is 2. The number of benzene rings is 2. The molecule has 0 saturated carbocycles. The van der Waals surface area contributed by atoms with Crippen LogP contribution >= 0.6 is 12.4 Å². The number of nitrogens with one attached hydrogen (secondary N) is 1. The molecule has 0 heterocycles. The fourth-order valence-corrected chi connectivity index (χ4v) is 1.96. The molecule has 5 heteroatoms. The van der Waals surface area contributed by atoms with Crippen molar-refractivity contribution in [2.45, 2.75) is 6.42 Å². The van der Waals surface area contributed by atoms with Gasteiger partial charge in [0.05, 0.1) is 11.4 Å². The van der Waals surface area contributed by atoms with Crippen LogP contribution in [0, 0.1) is 5.41 Å². The summed E-state index contributed by atoms with van der Waals surface area (Å²) in [5, 5.41) is 7.62. The summed E-state index contributed by atoms with van der Waals surface area (Å²) in [7, 11) is 0. The first kappa shape index (κ1) is 14.9. The second kappa shape index (κ2) is 6.11. The van der Waals surface area contributed by atoms with Gasteiger partial charge < -0.3 is 17.2 Å². The number of hydrogen-bond donors (Lipinski definition) is 4. The molecule has 0 saturated heterocycles. The Morgan fingerprint density at radius 2 is 1.63 bits per heavy atom. The van der Waals surface area contributed by atoms with Crippen molar-refractivity contribution in [3.8, 4) is 0 Å². The van der Waals surface area contributed by atoms with Crippen LogP contribution in [0.3, 0.4) is 0 Å². The van der Waals surface area contributed by atoms with E-state index in [1.807, 2.05) is 36.4 Å². The van der Waals surface area contributed by atoms with Gasteiger partial charge in [-0.15, -0.1) is 12.4 Å². The molecular formula is C14H17ClN4. The maximum atomic E-state index is 7.62. The summed E-state index contributed by atoms with van der Waals surface area (Å²) in [6, 6.07) is 13.6. The maximum absolute atomic E-state index is 7.62. The van der Waals surface area contributed by atoms with Crippen LogP contribution in [-0.4, -0.2) is 5.84 Å². The van der Waals surface area contributed by atoms with Gasteiger partial charge in [0.15, 0.2) is 0 Å². The highest BCUT2D eigenvalue weighted by Crippen LogP contribution is 2.25. The average molecular weight is 277 g/mol. The molecule has 0 bridgehead atoms.